The van der Waals surface area contributed by atoms with Gasteiger partial charge in [-0.15, -0.1) is 0 Å². The summed E-state index contributed by atoms with van der Waals surface area (Å²) in [6, 6.07) is 0.247. The first kappa shape index (κ1) is 14.1. The van der Waals surface area contributed by atoms with Crippen molar-refractivity contribution in [1.29, 1.82) is 0 Å². The molecule has 1 heterocycles. The molecule has 0 bridgehead atoms. The molecule has 19 heavy (non-hydrogen) atoms. The van der Waals surface area contributed by atoms with E-state index >= 15 is 0 Å². The van der Waals surface area contributed by atoms with Crippen molar-refractivity contribution < 1.29 is 4.79 Å². The second kappa shape index (κ2) is 6.75. The third kappa shape index (κ3) is 3.59. The fraction of sp³-hybridized carbons (Fsp3) is 0.615. The van der Waals surface area contributed by atoms with Crippen LogP contribution in [0.25, 0.3) is 0 Å². The first-order valence-electron chi connectivity index (χ1n) is 6.58. The van der Waals surface area contributed by atoms with Gasteiger partial charge >= 0.3 is 0 Å². The summed E-state index contributed by atoms with van der Waals surface area (Å²) in [5.74, 6) is 0.480. The number of anilines is 1. The maximum absolute atomic E-state index is 12.2. The SMILES string of the molecule is CNc1cncc(C(=O)NC2CCCCC2SC)n1. The van der Waals surface area contributed by atoms with Crippen molar-refractivity contribution in [2.45, 2.75) is 37.0 Å². The Hall–Kier alpha value is -1.30. The molecule has 2 rings (SSSR count). The van der Waals surface area contributed by atoms with Crippen molar-refractivity contribution in [3.05, 3.63) is 18.1 Å². The average Bonchev–Trinajstić information content (AvgIpc) is 2.47. The highest BCUT2D eigenvalue weighted by atomic mass is 32.2. The summed E-state index contributed by atoms with van der Waals surface area (Å²) < 4.78 is 0. The van der Waals surface area contributed by atoms with Crippen molar-refractivity contribution in [2.24, 2.45) is 0 Å². The number of hydrogen-bond donors (Lipinski definition) is 2. The van der Waals surface area contributed by atoms with Crippen LogP contribution in [0.3, 0.4) is 0 Å². The predicted octanol–water partition coefficient (Wildman–Crippen LogP) is 1.92. The molecule has 1 aromatic heterocycles. The number of rotatable bonds is 4. The molecule has 0 aromatic carbocycles. The second-order valence-corrected chi connectivity index (χ2v) is 5.76. The zero-order valence-electron chi connectivity index (χ0n) is 11.3. The quantitative estimate of drug-likeness (QED) is 0.882. The minimum atomic E-state index is -0.129. The molecule has 1 aromatic rings. The summed E-state index contributed by atoms with van der Waals surface area (Å²) in [6.07, 6.45) is 9.88. The summed E-state index contributed by atoms with van der Waals surface area (Å²) in [5.41, 5.74) is 0.372. The van der Waals surface area contributed by atoms with Gasteiger partial charge in [0.05, 0.1) is 12.4 Å². The molecule has 1 saturated carbocycles. The Kier molecular flexibility index (Phi) is 5.01. The highest BCUT2D eigenvalue weighted by Gasteiger charge is 2.26. The normalized spacial score (nSPS) is 22.8. The maximum atomic E-state index is 12.2. The Labute approximate surface area is 118 Å². The lowest BCUT2D eigenvalue weighted by Crippen LogP contribution is -2.44. The van der Waals surface area contributed by atoms with Crippen LogP contribution in [0.1, 0.15) is 36.2 Å². The first-order valence-corrected chi connectivity index (χ1v) is 7.87. The second-order valence-electron chi connectivity index (χ2n) is 4.68. The molecule has 1 aliphatic carbocycles. The van der Waals surface area contributed by atoms with Crippen LogP contribution in [0.15, 0.2) is 12.4 Å². The van der Waals surface area contributed by atoms with E-state index in [0.717, 1.165) is 6.42 Å². The molecule has 104 valence electrons. The van der Waals surface area contributed by atoms with E-state index < -0.39 is 0 Å². The van der Waals surface area contributed by atoms with Crippen molar-refractivity contribution in [2.75, 3.05) is 18.6 Å². The average molecular weight is 280 g/mol. The van der Waals surface area contributed by atoms with Crippen LogP contribution >= 0.6 is 11.8 Å². The first-order chi connectivity index (χ1) is 9.24. The number of nitrogens with zero attached hydrogens (tertiary/aromatic N) is 2. The van der Waals surface area contributed by atoms with Gasteiger partial charge in [-0.05, 0) is 19.1 Å². The molecule has 0 radical (unpaired) electrons. The van der Waals surface area contributed by atoms with Crippen LogP contribution < -0.4 is 10.6 Å². The van der Waals surface area contributed by atoms with E-state index in [1.807, 2.05) is 11.8 Å². The largest absolute Gasteiger partial charge is 0.372 e. The number of carbonyl (C=O) groups excluding carboxylic acids is 1. The fourth-order valence-electron chi connectivity index (χ4n) is 2.38. The molecule has 1 amide bonds. The van der Waals surface area contributed by atoms with Crippen LogP contribution in [0.5, 0.6) is 0 Å². The monoisotopic (exact) mass is 280 g/mol. The lowest BCUT2D eigenvalue weighted by Gasteiger charge is -2.30. The van der Waals surface area contributed by atoms with Crippen molar-refractivity contribution >= 4 is 23.5 Å². The van der Waals surface area contributed by atoms with Gasteiger partial charge in [0.1, 0.15) is 11.5 Å². The maximum Gasteiger partial charge on any atom is 0.271 e. The van der Waals surface area contributed by atoms with Gasteiger partial charge in [-0.25, -0.2) is 4.98 Å². The molecule has 2 unspecified atom stereocenters. The van der Waals surface area contributed by atoms with Gasteiger partial charge in [-0.3, -0.25) is 9.78 Å². The van der Waals surface area contributed by atoms with Crippen LogP contribution in [-0.2, 0) is 0 Å². The van der Waals surface area contributed by atoms with E-state index in [2.05, 4.69) is 26.9 Å². The Balaban J connectivity index is 2.02. The molecule has 6 heteroatoms. The van der Waals surface area contributed by atoms with Gasteiger partial charge in [0, 0.05) is 18.3 Å². The third-order valence-corrected chi connectivity index (χ3v) is 4.61. The summed E-state index contributed by atoms with van der Waals surface area (Å²) in [5, 5.41) is 6.50. The fourth-order valence-corrected chi connectivity index (χ4v) is 3.32. The number of carbonyl (C=O) groups is 1. The minimum absolute atomic E-state index is 0.129. The highest BCUT2D eigenvalue weighted by molar-refractivity contribution is 7.99. The van der Waals surface area contributed by atoms with Gasteiger partial charge in [-0.2, -0.15) is 11.8 Å². The lowest BCUT2D eigenvalue weighted by molar-refractivity contribution is 0.0924. The standard InChI is InChI=1S/C13H20N4OS/c1-14-12-8-15-7-10(16-12)13(18)17-9-5-3-4-6-11(9)19-2/h7-9,11H,3-6H2,1-2H3,(H,14,16)(H,17,18). The third-order valence-electron chi connectivity index (χ3n) is 3.45. The van der Waals surface area contributed by atoms with Crippen LogP contribution in [0.2, 0.25) is 0 Å². The molecule has 0 spiro atoms. The number of thioether (sulfide) groups is 1. The minimum Gasteiger partial charge on any atom is -0.372 e. The molecule has 0 aliphatic heterocycles. The van der Waals surface area contributed by atoms with Gasteiger partial charge in [-0.1, -0.05) is 12.8 Å². The van der Waals surface area contributed by atoms with Crippen molar-refractivity contribution in [1.82, 2.24) is 15.3 Å². The Morgan fingerprint density at radius 3 is 2.89 bits per heavy atom. The predicted molar refractivity (Wildman–Crippen MR) is 78.6 cm³/mol. The molecule has 2 atom stereocenters. The molecule has 2 N–H and O–H groups in total. The zero-order chi connectivity index (χ0) is 13.7. The number of amides is 1. The van der Waals surface area contributed by atoms with Gasteiger partial charge in [0.25, 0.3) is 5.91 Å². The topological polar surface area (TPSA) is 66.9 Å². The number of nitrogens with one attached hydrogen (secondary N) is 2. The van der Waals surface area contributed by atoms with Gasteiger partial charge in [0.2, 0.25) is 0 Å². The van der Waals surface area contributed by atoms with Crippen molar-refractivity contribution in [3.8, 4) is 0 Å². The highest BCUT2D eigenvalue weighted by Crippen LogP contribution is 2.27. The van der Waals surface area contributed by atoms with Crippen LogP contribution in [0, 0.1) is 0 Å². The van der Waals surface area contributed by atoms with E-state index in [1.165, 1.54) is 25.5 Å². The van der Waals surface area contributed by atoms with E-state index in [9.17, 15) is 4.79 Å². The molecular formula is C13H20N4OS. The number of aromatic nitrogens is 2. The Morgan fingerprint density at radius 2 is 2.16 bits per heavy atom. The van der Waals surface area contributed by atoms with Crippen LogP contribution in [0.4, 0.5) is 5.82 Å². The summed E-state index contributed by atoms with van der Waals surface area (Å²) in [6.45, 7) is 0. The molecule has 1 aliphatic rings. The summed E-state index contributed by atoms with van der Waals surface area (Å²) in [4.78, 5) is 20.4. The van der Waals surface area contributed by atoms with E-state index in [1.54, 1.807) is 13.2 Å². The molecule has 1 fully saturated rings. The zero-order valence-corrected chi connectivity index (χ0v) is 12.2. The number of hydrogen-bond acceptors (Lipinski definition) is 5. The Morgan fingerprint density at radius 1 is 1.37 bits per heavy atom. The summed E-state index contributed by atoms with van der Waals surface area (Å²) in [7, 11) is 1.76. The molecule has 0 saturated heterocycles. The van der Waals surface area contributed by atoms with E-state index in [-0.39, 0.29) is 11.9 Å². The van der Waals surface area contributed by atoms with Crippen molar-refractivity contribution in [3.63, 3.8) is 0 Å². The molecule has 5 nitrogen and oxygen atoms in total. The molecular weight excluding hydrogens is 260 g/mol. The lowest BCUT2D eigenvalue weighted by atomic mass is 9.95. The summed E-state index contributed by atoms with van der Waals surface area (Å²) >= 11 is 1.84. The van der Waals surface area contributed by atoms with Gasteiger partial charge < -0.3 is 10.6 Å². The van der Waals surface area contributed by atoms with Gasteiger partial charge in [0.15, 0.2) is 0 Å². The van der Waals surface area contributed by atoms with E-state index in [0.29, 0.717) is 16.8 Å². The van der Waals surface area contributed by atoms with E-state index in [4.69, 9.17) is 0 Å². The Bertz CT molecular complexity index is 440. The van der Waals surface area contributed by atoms with Crippen LogP contribution in [-0.4, -0.2) is 40.5 Å². The smallest absolute Gasteiger partial charge is 0.271 e.